The highest BCUT2D eigenvalue weighted by molar-refractivity contribution is 5.82. The smallest absolute Gasteiger partial charge is 0.134 e. The molecule has 1 aromatic carbocycles. The quantitative estimate of drug-likeness (QED) is 0.683. The fourth-order valence-corrected chi connectivity index (χ4v) is 2.38. The third-order valence-corrected chi connectivity index (χ3v) is 3.59. The number of furan rings is 1. The van der Waals surface area contributed by atoms with Gasteiger partial charge in [0.1, 0.15) is 11.3 Å². The van der Waals surface area contributed by atoms with Gasteiger partial charge in [0.05, 0.1) is 13.2 Å². The minimum Gasteiger partial charge on any atom is -0.459 e. The lowest BCUT2D eigenvalue weighted by atomic mass is 10.1. The van der Waals surface area contributed by atoms with Gasteiger partial charge >= 0.3 is 0 Å². The Morgan fingerprint density at radius 3 is 2.76 bits per heavy atom. The van der Waals surface area contributed by atoms with Crippen LogP contribution in [-0.2, 0) is 17.9 Å². The van der Waals surface area contributed by atoms with E-state index in [0.717, 1.165) is 30.9 Å². The van der Waals surface area contributed by atoms with E-state index in [4.69, 9.17) is 9.15 Å². The summed E-state index contributed by atoms with van der Waals surface area (Å²) >= 11 is 0. The molecule has 1 heterocycles. The third kappa shape index (κ3) is 4.58. The van der Waals surface area contributed by atoms with E-state index in [1.807, 2.05) is 12.1 Å². The largest absolute Gasteiger partial charge is 0.459 e. The number of hydrogen-bond acceptors (Lipinski definition) is 3. The fourth-order valence-electron chi connectivity index (χ4n) is 2.38. The van der Waals surface area contributed by atoms with Crippen molar-refractivity contribution in [3.8, 4) is 0 Å². The summed E-state index contributed by atoms with van der Waals surface area (Å²) in [4.78, 5) is 0. The lowest BCUT2D eigenvalue weighted by molar-refractivity contribution is 0.116. The van der Waals surface area contributed by atoms with Crippen LogP contribution in [0.5, 0.6) is 0 Å². The number of unbranched alkanes of at least 4 members (excludes halogenated alkanes) is 2. The summed E-state index contributed by atoms with van der Waals surface area (Å²) in [5, 5.41) is 4.60. The molecule has 0 saturated heterocycles. The van der Waals surface area contributed by atoms with E-state index >= 15 is 0 Å². The summed E-state index contributed by atoms with van der Waals surface area (Å²) in [5.74, 6) is 1.00. The van der Waals surface area contributed by atoms with Crippen molar-refractivity contribution in [2.45, 2.75) is 59.2 Å². The van der Waals surface area contributed by atoms with Gasteiger partial charge in [-0.1, -0.05) is 51.8 Å². The van der Waals surface area contributed by atoms with Crippen molar-refractivity contribution in [2.75, 3.05) is 6.61 Å². The van der Waals surface area contributed by atoms with E-state index in [-0.39, 0.29) is 0 Å². The minimum absolute atomic E-state index is 0.441. The zero-order valence-electron chi connectivity index (χ0n) is 13.4. The maximum atomic E-state index is 5.99. The second-order valence-corrected chi connectivity index (χ2v) is 5.80. The van der Waals surface area contributed by atoms with E-state index in [0.29, 0.717) is 12.6 Å². The van der Waals surface area contributed by atoms with E-state index in [1.54, 1.807) is 0 Å². The van der Waals surface area contributed by atoms with Crippen LogP contribution in [0.3, 0.4) is 0 Å². The molecule has 0 radical (unpaired) electrons. The van der Waals surface area contributed by atoms with Gasteiger partial charge in [-0.05, 0) is 12.5 Å². The maximum Gasteiger partial charge on any atom is 0.134 e. The Hall–Kier alpha value is -1.32. The Labute approximate surface area is 127 Å². The molecule has 3 heteroatoms. The molecular weight excluding hydrogens is 262 g/mol. The van der Waals surface area contributed by atoms with E-state index in [9.17, 15) is 0 Å². The molecule has 2 rings (SSSR count). The number of para-hydroxylation sites is 1. The minimum atomic E-state index is 0.441. The summed E-state index contributed by atoms with van der Waals surface area (Å²) in [6, 6.07) is 8.64. The van der Waals surface area contributed by atoms with Crippen molar-refractivity contribution in [1.82, 2.24) is 5.32 Å². The highest BCUT2D eigenvalue weighted by Crippen LogP contribution is 2.26. The van der Waals surface area contributed by atoms with Crippen LogP contribution in [0, 0.1) is 0 Å². The third-order valence-electron chi connectivity index (χ3n) is 3.59. The molecule has 116 valence electrons. The molecule has 0 saturated carbocycles. The van der Waals surface area contributed by atoms with Crippen molar-refractivity contribution in [2.24, 2.45) is 0 Å². The molecule has 0 spiro atoms. The molecule has 3 nitrogen and oxygen atoms in total. The van der Waals surface area contributed by atoms with Crippen LogP contribution in [0.15, 0.2) is 28.7 Å². The zero-order valence-corrected chi connectivity index (χ0v) is 13.4. The summed E-state index contributed by atoms with van der Waals surface area (Å²) < 4.78 is 11.8. The van der Waals surface area contributed by atoms with Gasteiger partial charge in [-0.3, -0.25) is 0 Å². The molecule has 0 fully saturated rings. The average Bonchev–Trinajstić information content (AvgIpc) is 2.83. The Kier molecular flexibility index (Phi) is 6.27. The van der Waals surface area contributed by atoms with Crippen molar-refractivity contribution in [3.63, 3.8) is 0 Å². The number of nitrogens with one attached hydrogen (secondary N) is 1. The number of hydrogen-bond donors (Lipinski definition) is 1. The van der Waals surface area contributed by atoms with Gasteiger partial charge in [0, 0.05) is 23.6 Å². The highest BCUT2D eigenvalue weighted by Gasteiger charge is 2.14. The number of benzene rings is 1. The summed E-state index contributed by atoms with van der Waals surface area (Å²) in [5.41, 5.74) is 2.14. The van der Waals surface area contributed by atoms with Gasteiger partial charge < -0.3 is 14.5 Å². The second-order valence-electron chi connectivity index (χ2n) is 5.80. The van der Waals surface area contributed by atoms with Gasteiger partial charge in [-0.25, -0.2) is 0 Å². The molecule has 2 aromatic rings. The highest BCUT2D eigenvalue weighted by atomic mass is 16.5. The molecular formula is C18H27NO2. The monoisotopic (exact) mass is 289 g/mol. The van der Waals surface area contributed by atoms with E-state index < -0.39 is 0 Å². The Morgan fingerprint density at radius 1 is 1.19 bits per heavy atom. The SMILES string of the molecule is CCCCCOCc1c(CNC(C)C)oc2ccccc12. The lowest BCUT2D eigenvalue weighted by Crippen LogP contribution is -2.22. The van der Waals surface area contributed by atoms with Crippen LogP contribution < -0.4 is 5.32 Å². The first kappa shape index (κ1) is 16.1. The Morgan fingerprint density at radius 2 is 2.00 bits per heavy atom. The van der Waals surface area contributed by atoms with Crippen molar-refractivity contribution in [3.05, 3.63) is 35.6 Å². The van der Waals surface area contributed by atoms with E-state index in [2.05, 4.69) is 38.2 Å². The maximum absolute atomic E-state index is 5.99. The predicted molar refractivity (Wildman–Crippen MR) is 87.4 cm³/mol. The van der Waals surface area contributed by atoms with Crippen LogP contribution in [0.1, 0.15) is 51.4 Å². The number of rotatable bonds is 9. The zero-order chi connectivity index (χ0) is 15.1. The van der Waals surface area contributed by atoms with Crippen LogP contribution in [0.4, 0.5) is 0 Å². The van der Waals surface area contributed by atoms with Crippen molar-refractivity contribution < 1.29 is 9.15 Å². The van der Waals surface area contributed by atoms with Crippen LogP contribution in [-0.4, -0.2) is 12.6 Å². The first-order valence-electron chi connectivity index (χ1n) is 8.02. The fraction of sp³-hybridized carbons (Fsp3) is 0.556. The first-order valence-corrected chi connectivity index (χ1v) is 8.02. The standard InChI is InChI=1S/C18H27NO2/c1-4-5-8-11-20-13-16-15-9-6-7-10-17(15)21-18(16)12-19-14(2)3/h6-7,9-10,14,19H,4-5,8,11-13H2,1-3H3. The molecule has 0 bridgehead atoms. The molecule has 0 aliphatic heterocycles. The van der Waals surface area contributed by atoms with Gasteiger partial charge in [0.15, 0.2) is 0 Å². The molecule has 0 amide bonds. The van der Waals surface area contributed by atoms with Crippen LogP contribution in [0.25, 0.3) is 11.0 Å². The molecule has 21 heavy (non-hydrogen) atoms. The van der Waals surface area contributed by atoms with Crippen LogP contribution >= 0.6 is 0 Å². The van der Waals surface area contributed by atoms with Crippen LogP contribution in [0.2, 0.25) is 0 Å². The molecule has 0 aliphatic carbocycles. The summed E-state index contributed by atoms with van der Waals surface area (Å²) in [6.07, 6.45) is 3.58. The molecule has 1 aromatic heterocycles. The number of ether oxygens (including phenoxy) is 1. The first-order chi connectivity index (χ1) is 10.2. The van der Waals surface area contributed by atoms with Gasteiger partial charge in [-0.15, -0.1) is 0 Å². The lowest BCUT2D eigenvalue weighted by Gasteiger charge is -2.08. The van der Waals surface area contributed by atoms with Gasteiger partial charge in [0.2, 0.25) is 0 Å². The predicted octanol–water partition coefficient (Wildman–Crippen LogP) is 4.64. The topological polar surface area (TPSA) is 34.4 Å². The van der Waals surface area contributed by atoms with E-state index in [1.165, 1.54) is 23.8 Å². The van der Waals surface area contributed by atoms with Gasteiger partial charge in [0.25, 0.3) is 0 Å². The summed E-state index contributed by atoms with van der Waals surface area (Å²) in [6.45, 7) is 8.70. The molecule has 0 unspecified atom stereocenters. The van der Waals surface area contributed by atoms with Gasteiger partial charge in [-0.2, -0.15) is 0 Å². The Balaban J connectivity index is 2.08. The summed E-state index contributed by atoms with van der Waals surface area (Å²) in [7, 11) is 0. The number of fused-ring (bicyclic) bond motifs is 1. The molecule has 0 atom stereocenters. The molecule has 1 N–H and O–H groups in total. The van der Waals surface area contributed by atoms with Crippen molar-refractivity contribution in [1.29, 1.82) is 0 Å². The normalized spacial score (nSPS) is 11.6. The molecule has 0 aliphatic rings. The van der Waals surface area contributed by atoms with Crippen molar-refractivity contribution >= 4 is 11.0 Å². The second kappa shape index (κ2) is 8.20. The average molecular weight is 289 g/mol. The Bertz CT molecular complexity index is 545.